The molecule has 4 unspecified atom stereocenters. The molecule has 2 N–H and O–H groups in total. The molecule has 2 amide bonds. The lowest BCUT2D eigenvalue weighted by atomic mass is 9.73. The van der Waals surface area contributed by atoms with E-state index in [1.54, 1.807) is 34.6 Å². The number of carboxylic acid groups (broad SMARTS) is 1. The van der Waals surface area contributed by atoms with Crippen LogP contribution >= 0.6 is 0 Å². The van der Waals surface area contributed by atoms with Crippen molar-refractivity contribution >= 4 is 23.9 Å². The molecule has 0 spiro atoms. The molecule has 0 aromatic heterocycles. The summed E-state index contributed by atoms with van der Waals surface area (Å²) in [5, 5.41) is 13.3. The van der Waals surface area contributed by atoms with Crippen LogP contribution in [0.3, 0.4) is 0 Å². The van der Waals surface area contributed by atoms with Crippen molar-refractivity contribution in [2.75, 3.05) is 0 Å². The van der Waals surface area contributed by atoms with Gasteiger partial charge in [0.15, 0.2) is 0 Å². The fourth-order valence-corrected chi connectivity index (χ4v) is 4.56. The van der Waals surface area contributed by atoms with Crippen molar-refractivity contribution in [3.05, 3.63) is 42.0 Å². The lowest BCUT2D eigenvalue weighted by Gasteiger charge is -2.37. The van der Waals surface area contributed by atoms with Crippen LogP contribution in [0.1, 0.15) is 40.2 Å². The molecule has 1 aromatic rings. The minimum absolute atomic E-state index is 0.304. The lowest BCUT2D eigenvalue weighted by Crippen LogP contribution is -2.61. The van der Waals surface area contributed by atoms with Gasteiger partial charge in [0.1, 0.15) is 5.54 Å². The molecule has 6 heteroatoms. The number of fused-ring (bicyclic) bond motifs is 1. The molecule has 3 rings (SSSR count). The highest BCUT2D eigenvalue weighted by molar-refractivity contribution is 6.10. The van der Waals surface area contributed by atoms with Crippen LogP contribution in [-0.2, 0) is 14.4 Å². The van der Waals surface area contributed by atoms with E-state index in [0.29, 0.717) is 0 Å². The highest BCUT2D eigenvalue weighted by Crippen LogP contribution is 2.48. The standard InChI is InChI=1S/C22H28N2O4/c1-13(2)22(20(27)28)17-16(18(25)24(19(17)26)21(3,4)5)15(23-22)12-11-14-9-7-6-8-10-14/h6-13,15-17,23H,1-5H3,(H,27,28)/b12-11+. The van der Waals surface area contributed by atoms with Crippen molar-refractivity contribution in [2.45, 2.75) is 51.7 Å². The summed E-state index contributed by atoms with van der Waals surface area (Å²) >= 11 is 0. The van der Waals surface area contributed by atoms with Crippen LogP contribution in [0.15, 0.2) is 36.4 Å². The van der Waals surface area contributed by atoms with Gasteiger partial charge in [0.25, 0.3) is 0 Å². The van der Waals surface area contributed by atoms with Crippen LogP contribution in [0.2, 0.25) is 0 Å². The van der Waals surface area contributed by atoms with Gasteiger partial charge in [-0.3, -0.25) is 24.6 Å². The second-order valence-electron chi connectivity index (χ2n) is 8.95. The molecule has 4 atom stereocenters. The van der Waals surface area contributed by atoms with Gasteiger partial charge < -0.3 is 5.11 Å². The number of rotatable bonds is 4. The van der Waals surface area contributed by atoms with E-state index >= 15 is 0 Å². The number of aliphatic carboxylic acids is 1. The molecule has 1 aromatic carbocycles. The third kappa shape index (κ3) is 2.96. The fraction of sp³-hybridized carbons (Fsp3) is 0.500. The van der Waals surface area contributed by atoms with Gasteiger partial charge in [0.2, 0.25) is 11.8 Å². The summed E-state index contributed by atoms with van der Waals surface area (Å²) in [6.07, 6.45) is 3.68. The Kier molecular flexibility index (Phi) is 4.96. The number of hydrogen-bond acceptors (Lipinski definition) is 4. The number of carbonyl (C=O) groups excluding carboxylic acids is 2. The Bertz CT molecular complexity index is 825. The predicted molar refractivity (Wildman–Crippen MR) is 106 cm³/mol. The topological polar surface area (TPSA) is 86.7 Å². The molecule has 6 nitrogen and oxygen atoms in total. The van der Waals surface area contributed by atoms with Crippen LogP contribution < -0.4 is 5.32 Å². The third-order valence-corrected chi connectivity index (χ3v) is 5.87. The molecule has 150 valence electrons. The Labute approximate surface area is 165 Å². The van der Waals surface area contributed by atoms with Crippen molar-refractivity contribution < 1.29 is 19.5 Å². The van der Waals surface area contributed by atoms with Gasteiger partial charge in [-0.05, 0) is 32.3 Å². The fourth-order valence-electron chi connectivity index (χ4n) is 4.56. The van der Waals surface area contributed by atoms with Crippen molar-refractivity contribution in [2.24, 2.45) is 17.8 Å². The first-order valence-corrected chi connectivity index (χ1v) is 9.64. The molecule has 28 heavy (non-hydrogen) atoms. The molecule has 2 aliphatic heterocycles. The zero-order chi connectivity index (χ0) is 20.9. The number of imide groups is 1. The van der Waals surface area contributed by atoms with Crippen molar-refractivity contribution in [3.63, 3.8) is 0 Å². The maximum absolute atomic E-state index is 13.3. The normalized spacial score (nSPS) is 30.5. The van der Waals surface area contributed by atoms with E-state index in [-0.39, 0.29) is 11.8 Å². The number of amides is 2. The van der Waals surface area contributed by atoms with Crippen LogP contribution in [0.4, 0.5) is 0 Å². The Morgan fingerprint density at radius 1 is 1.18 bits per heavy atom. The quantitative estimate of drug-likeness (QED) is 0.779. The monoisotopic (exact) mass is 384 g/mol. The molecular formula is C22H28N2O4. The van der Waals surface area contributed by atoms with Gasteiger partial charge in [0.05, 0.1) is 11.8 Å². The zero-order valence-electron chi connectivity index (χ0n) is 17.0. The summed E-state index contributed by atoms with van der Waals surface area (Å²) in [5.41, 5.74) is -1.24. The molecule has 0 bridgehead atoms. The minimum Gasteiger partial charge on any atom is -0.480 e. The van der Waals surface area contributed by atoms with E-state index in [9.17, 15) is 19.5 Å². The van der Waals surface area contributed by atoms with Crippen molar-refractivity contribution in [3.8, 4) is 0 Å². The average molecular weight is 384 g/mol. The maximum atomic E-state index is 13.3. The minimum atomic E-state index is -1.48. The van der Waals surface area contributed by atoms with Gasteiger partial charge in [-0.25, -0.2) is 0 Å². The number of benzene rings is 1. The summed E-state index contributed by atoms with van der Waals surface area (Å²) in [7, 11) is 0. The Morgan fingerprint density at radius 2 is 1.79 bits per heavy atom. The van der Waals surface area contributed by atoms with Crippen molar-refractivity contribution in [1.82, 2.24) is 10.2 Å². The smallest absolute Gasteiger partial charge is 0.325 e. The van der Waals surface area contributed by atoms with Gasteiger partial charge in [-0.15, -0.1) is 0 Å². The number of carbonyl (C=O) groups is 3. The molecule has 0 aliphatic carbocycles. The highest BCUT2D eigenvalue weighted by atomic mass is 16.4. The van der Waals surface area contributed by atoms with Crippen LogP contribution in [0, 0.1) is 17.8 Å². The largest absolute Gasteiger partial charge is 0.480 e. The molecule has 2 heterocycles. The van der Waals surface area contributed by atoms with E-state index < -0.39 is 40.8 Å². The lowest BCUT2D eigenvalue weighted by molar-refractivity contribution is -0.155. The first-order chi connectivity index (χ1) is 13.0. The number of nitrogens with zero attached hydrogens (tertiary/aromatic N) is 1. The third-order valence-electron chi connectivity index (χ3n) is 5.87. The van der Waals surface area contributed by atoms with E-state index in [1.807, 2.05) is 42.5 Å². The summed E-state index contributed by atoms with van der Waals surface area (Å²) in [6, 6.07) is 9.05. The first-order valence-electron chi connectivity index (χ1n) is 9.64. The van der Waals surface area contributed by atoms with Crippen molar-refractivity contribution in [1.29, 1.82) is 0 Å². The number of nitrogens with one attached hydrogen (secondary N) is 1. The van der Waals surface area contributed by atoms with E-state index in [0.717, 1.165) is 5.56 Å². The van der Waals surface area contributed by atoms with Gasteiger partial charge in [0, 0.05) is 11.6 Å². The van der Waals surface area contributed by atoms with E-state index in [1.165, 1.54) is 4.90 Å². The molecule has 2 saturated heterocycles. The van der Waals surface area contributed by atoms with Crippen LogP contribution in [0.5, 0.6) is 0 Å². The first kappa shape index (κ1) is 20.3. The molecular weight excluding hydrogens is 356 g/mol. The summed E-state index contributed by atoms with van der Waals surface area (Å²) in [4.78, 5) is 40.1. The zero-order valence-corrected chi connectivity index (χ0v) is 17.0. The summed E-state index contributed by atoms with van der Waals surface area (Å²) in [5.74, 6) is -3.83. The molecule has 0 saturated carbocycles. The molecule has 2 fully saturated rings. The number of carboxylic acids is 1. The maximum Gasteiger partial charge on any atom is 0.325 e. The second kappa shape index (κ2) is 6.85. The van der Waals surface area contributed by atoms with Crippen LogP contribution in [0.25, 0.3) is 6.08 Å². The predicted octanol–water partition coefficient (Wildman–Crippen LogP) is 2.55. The van der Waals surface area contributed by atoms with E-state index in [4.69, 9.17) is 0 Å². The number of likely N-dealkylation sites (tertiary alicyclic amines) is 1. The molecule has 0 radical (unpaired) electrons. The Hall–Kier alpha value is -2.47. The van der Waals surface area contributed by atoms with Gasteiger partial charge in [-0.2, -0.15) is 0 Å². The highest BCUT2D eigenvalue weighted by Gasteiger charge is 2.69. The van der Waals surface area contributed by atoms with Crippen LogP contribution in [-0.4, -0.2) is 44.9 Å². The summed E-state index contributed by atoms with van der Waals surface area (Å²) < 4.78 is 0. The average Bonchev–Trinajstić information content (AvgIpc) is 3.08. The second-order valence-corrected chi connectivity index (χ2v) is 8.95. The van der Waals surface area contributed by atoms with Gasteiger partial charge in [-0.1, -0.05) is 56.3 Å². The number of hydrogen-bond donors (Lipinski definition) is 2. The molecule has 2 aliphatic rings. The van der Waals surface area contributed by atoms with E-state index in [2.05, 4.69) is 5.32 Å². The Balaban J connectivity index is 2.09. The van der Waals surface area contributed by atoms with Gasteiger partial charge >= 0.3 is 5.97 Å². The summed E-state index contributed by atoms with van der Waals surface area (Å²) in [6.45, 7) is 8.94. The SMILES string of the molecule is CC(C)C1(C(=O)O)NC(/C=C/c2ccccc2)C2C(=O)N(C(C)(C)C)C(=O)C21. The Morgan fingerprint density at radius 3 is 2.29 bits per heavy atom.